The highest BCUT2D eigenvalue weighted by molar-refractivity contribution is 7.98. The number of hydrogen-bond acceptors (Lipinski definition) is 4. The van der Waals surface area contributed by atoms with E-state index in [4.69, 9.17) is 4.74 Å². The fourth-order valence-corrected chi connectivity index (χ4v) is 1.73. The second-order valence-corrected chi connectivity index (χ2v) is 4.09. The summed E-state index contributed by atoms with van der Waals surface area (Å²) in [4.78, 5) is 12.3. The van der Waals surface area contributed by atoms with Crippen LogP contribution in [-0.2, 0) is 9.53 Å². The van der Waals surface area contributed by atoms with E-state index in [0.29, 0.717) is 19.6 Å². The third-order valence-electron chi connectivity index (χ3n) is 2.03. The predicted octanol–water partition coefficient (Wildman–Crippen LogP) is 2.77. The van der Waals surface area contributed by atoms with Gasteiger partial charge in [0.05, 0.1) is 13.0 Å². The van der Waals surface area contributed by atoms with E-state index >= 15 is 0 Å². The molecule has 1 N–H and O–H groups in total. The molecular formula is C12H17NO2S. The highest BCUT2D eigenvalue weighted by Crippen LogP contribution is 2.18. The Morgan fingerprint density at radius 2 is 2.31 bits per heavy atom. The molecule has 0 amide bonds. The van der Waals surface area contributed by atoms with Gasteiger partial charge < -0.3 is 10.1 Å². The van der Waals surface area contributed by atoms with Crippen LogP contribution in [0.4, 0.5) is 5.69 Å². The van der Waals surface area contributed by atoms with Crippen molar-refractivity contribution in [1.82, 2.24) is 0 Å². The van der Waals surface area contributed by atoms with Crippen LogP contribution in [0.5, 0.6) is 0 Å². The zero-order valence-electron chi connectivity index (χ0n) is 9.66. The molecule has 0 bridgehead atoms. The van der Waals surface area contributed by atoms with Crippen molar-refractivity contribution in [2.45, 2.75) is 18.2 Å². The first-order chi connectivity index (χ1) is 7.76. The van der Waals surface area contributed by atoms with Crippen LogP contribution < -0.4 is 5.32 Å². The Kier molecular flexibility index (Phi) is 5.78. The van der Waals surface area contributed by atoms with Gasteiger partial charge in [0.1, 0.15) is 0 Å². The summed E-state index contributed by atoms with van der Waals surface area (Å²) in [6.45, 7) is 2.87. The van der Waals surface area contributed by atoms with E-state index in [1.165, 1.54) is 4.90 Å². The van der Waals surface area contributed by atoms with Crippen molar-refractivity contribution in [2.75, 3.05) is 24.7 Å². The number of hydrogen-bond donors (Lipinski definition) is 1. The molecule has 0 heterocycles. The zero-order chi connectivity index (χ0) is 11.8. The van der Waals surface area contributed by atoms with E-state index in [2.05, 4.69) is 17.4 Å². The molecule has 0 aliphatic heterocycles. The van der Waals surface area contributed by atoms with Gasteiger partial charge in [0.2, 0.25) is 0 Å². The van der Waals surface area contributed by atoms with Gasteiger partial charge in [-0.2, -0.15) is 0 Å². The molecule has 0 spiro atoms. The maximum Gasteiger partial charge on any atom is 0.307 e. The summed E-state index contributed by atoms with van der Waals surface area (Å²) in [6, 6.07) is 8.11. The lowest BCUT2D eigenvalue weighted by atomic mass is 10.3. The summed E-state index contributed by atoms with van der Waals surface area (Å²) in [7, 11) is 0. The van der Waals surface area contributed by atoms with Crippen molar-refractivity contribution in [1.29, 1.82) is 0 Å². The third-order valence-corrected chi connectivity index (χ3v) is 2.76. The fourth-order valence-electron chi connectivity index (χ4n) is 1.28. The molecule has 0 atom stereocenters. The van der Waals surface area contributed by atoms with Gasteiger partial charge in [-0.15, -0.1) is 11.8 Å². The number of carbonyl (C=O) groups is 1. The summed E-state index contributed by atoms with van der Waals surface area (Å²) in [6.07, 6.45) is 2.44. The molecule has 0 aliphatic rings. The van der Waals surface area contributed by atoms with Gasteiger partial charge in [-0.25, -0.2) is 0 Å². The molecule has 3 nitrogen and oxygen atoms in total. The lowest BCUT2D eigenvalue weighted by Crippen LogP contribution is -2.11. The fraction of sp³-hybridized carbons (Fsp3) is 0.417. The first-order valence-corrected chi connectivity index (χ1v) is 6.52. The molecule has 88 valence electrons. The summed E-state index contributed by atoms with van der Waals surface area (Å²) >= 11 is 1.70. The smallest absolute Gasteiger partial charge is 0.307 e. The molecule has 0 unspecified atom stereocenters. The van der Waals surface area contributed by atoms with Crippen molar-refractivity contribution in [3.63, 3.8) is 0 Å². The molecule has 0 aliphatic carbocycles. The Labute approximate surface area is 101 Å². The normalized spacial score (nSPS) is 9.88. The summed E-state index contributed by atoms with van der Waals surface area (Å²) in [5, 5.41) is 3.19. The molecule has 4 heteroatoms. The average Bonchev–Trinajstić information content (AvgIpc) is 2.30. The van der Waals surface area contributed by atoms with Gasteiger partial charge in [0.25, 0.3) is 0 Å². The van der Waals surface area contributed by atoms with E-state index in [1.807, 2.05) is 25.3 Å². The number of ether oxygens (including phenoxy) is 1. The van der Waals surface area contributed by atoms with E-state index in [0.717, 1.165) is 5.69 Å². The van der Waals surface area contributed by atoms with Crippen LogP contribution in [0.15, 0.2) is 29.2 Å². The van der Waals surface area contributed by atoms with Crippen LogP contribution in [-0.4, -0.2) is 25.4 Å². The number of anilines is 1. The van der Waals surface area contributed by atoms with Gasteiger partial charge in [0.15, 0.2) is 0 Å². The highest BCUT2D eigenvalue weighted by Gasteiger charge is 2.00. The maximum absolute atomic E-state index is 11.1. The SMILES string of the molecule is CCOC(=O)CCNc1cccc(SC)c1. The van der Waals surface area contributed by atoms with E-state index < -0.39 is 0 Å². The number of carbonyl (C=O) groups excluding carboxylic acids is 1. The molecule has 0 saturated heterocycles. The molecule has 0 aromatic heterocycles. The van der Waals surface area contributed by atoms with Crippen molar-refractivity contribution >= 4 is 23.4 Å². The summed E-state index contributed by atoms with van der Waals surface area (Å²) < 4.78 is 4.84. The maximum atomic E-state index is 11.1. The molecule has 1 aromatic carbocycles. The topological polar surface area (TPSA) is 38.3 Å². The minimum Gasteiger partial charge on any atom is -0.466 e. The van der Waals surface area contributed by atoms with Gasteiger partial charge in [0, 0.05) is 17.1 Å². The monoisotopic (exact) mass is 239 g/mol. The molecule has 1 aromatic rings. The first-order valence-electron chi connectivity index (χ1n) is 5.29. The lowest BCUT2D eigenvalue weighted by molar-refractivity contribution is -0.142. The van der Waals surface area contributed by atoms with Crippen molar-refractivity contribution in [2.24, 2.45) is 0 Å². The van der Waals surface area contributed by atoms with Crippen LogP contribution in [0.2, 0.25) is 0 Å². The van der Waals surface area contributed by atoms with Gasteiger partial charge >= 0.3 is 5.97 Å². The van der Waals surface area contributed by atoms with Gasteiger partial charge in [-0.05, 0) is 31.4 Å². The van der Waals surface area contributed by atoms with Crippen LogP contribution in [0.1, 0.15) is 13.3 Å². The van der Waals surface area contributed by atoms with Crippen molar-refractivity contribution in [3.8, 4) is 0 Å². The van der Waals surface area contributed by atoms with Crippen LogP contribution in [0.25, 0.3) is 0 Å². The van der Waals surface area contributed by atoms with Crippen LogP contribution >= 0.6 is 11.8 Å². The Hall–Kier alpha value is -1.16. The zero-order valence-corrected chi connectivity index (χ0v) is 10.5. The number of benzene rings is 1. The first kappa shape index (κ1) is 12.9. The summed E-state index contributed by atoms with van der Waals surface area (Å²) in [5.41, 5.74) is 1.04. The molecule has 1 rings (SSSR count). The molecule has 16 heavy (non-hydrogen) atoms. The minimum atomic E-state index is -0.156. The standard InChI is InChI=1S/C12H17NO2S/c1-3-15-12(14)7-8-13-10-5-4-6-11(9-10)16-2/h4-6,9,13H,3,7-8H2,1-2H3. The van der Waals surface area contributed by atoms with E-state index in [1.54, 1.807) is 11.8 Å². The molecule has 0 fully saturated rings. The van der Waals surface area contributed by atoms with Crippen molar-refractivity contribution < 1.29 is 9.53 Å². The Morgan fingerprint density at radius 1 is 1.50 bits per heavy atom. The van der Waals surface area contributed by atoms with Crippen LogP contribution in [0, 0.1) is 0 Å². The Morgan fingerprint density at radius 3 is 3.00 bits per heavy atom. The number of thioether (sulfide) groups is 1. The Balaban J connectivity index is 2.34. The number of nitrogens with one attached hydrogen (secondary N) is 1. The van der Waals surface area contributed by atoms with Crippen LogP contribution in [0.3, 0.4) is 0 Å². The highest BCUT2D eigenvalue weighted by atomic mass is 32.2. The molecule has 0 radical (unpaired) electrons. The Bertz CT molecular complexity index is 342. The van der Waals surface area contributed by atoms with Crippen molar-refractivity contribution in [3.05, 3.63) is 24.3 Å². The quantitative estimate of drug-likeness (QED) is 0.612. The predicted molar refractivity (Wildman–Crippen MR) is 68.0 cm³/mol. The second kappa shape index (κ2) is 7.17. The summed E-state index contributed by atoms with van der Waals surface area (Å²) in [5.74, 6) is -0.156. The van der Waals surface area contributed by atoms with Gasteiger partial charge in [-0.3, -0.25) is 4.79 Å². The van der Waals surface area contributed by atoms with Gasteiger partial charge in [-0.1, -0.05) is 6.07 Å². The second-order valence-electron chi connectivity index (χ2n) is 3.21. The van der Waals surface area contributed by atoms with E-state index in [9.17, 15) is 4.79 Å². The molecular weight excluding hydrogens is 222 g/mol. The average molecular weight is 239 g/mol. The third kappa shape index (κ3) is 4.57. The largest absolute Gasteiger partial charge is 0.466 e. The lowest BCUT2D eigenvalue weighted by Gasteiger charge is -2.07. The molecule has 0 saturated carbocycles. The number of rotatable bonds is 6. The van der Waals surface area contributed by atoms with E-state index in [-0.39, 0.29) is 5.97 Å². The minimum absolute atomic E-state index is 0.156. The number of esters is 1.